The number of aliphatic hydroxyl groups excluding tert-OH is 4. The van der Waals surface area contributed by atoms with Gasteiger partial charge in [-0.15, -0.1) is 12.4 Å². The Morgan fingerprint density at radius 3 is 2.00 bits per heavy atom. The van der Waals surface area contributed by atoms with Crippen molar-refractivity contribution in [2.45, 2.75) is 24.4 Å². The second-order valence-electron chi connectivity index (χ2n) is 2.44. The van der Waals surface area contributed by atoms with Crippen LogP contribution in [0.25, 0.3) is 0 Å². The van der Waals surface area contributed by atoms with Crippen LogP contribution >= 0.6 is 12.4 Å². The highest BCUT2D eigenvalue weighted by Crippen LogP contribution is 2.01. The minimum absolute atomic E-state index is 0. The summed E-state index contributed by atoms with van der Waals surface area (Å²) < 4.78 is 0. The lowest BCUT2D eigenvalue weighted by atomic mass is 10.0. The molecule has 0 amide bonds. The molecule has 0 spiro atoms. The smallest absolute Gasteiger partial charge is 0.139 e. The number of hydrogen-bond donors (Lipinski definition) is 5. The van der Waals surface area contributed by atoms with Gasteiger partial charge in [-0.2, -0.15) is 0 Å². The van der Waals surface area contributed by atoms with E-state index in [0.29, 0.717) is 0 Å². The Labute approximate surface area is 81.4 Å². The van der Waals surface area contributed by atoms with E-state index < -0.39 is 31.0 Å². The normalized spacial score (nSPS) is 19.5. The van der Waals surface area contributed by atoms with Crippen LogP contribution in [0.2, 0.25) is 0 Å². The molecule has 0 saturated carbocycles. The van der Waals surface area contributed by atoms with Gasteiger partial charge in [0.15, 0.2) is 0 Å². The van der Waals surface area contributed by atoms with Crippen LogP contribution in [0.3, 0.4) is 0 Å². The Kier molecular flexibility index (Phi) is 8.43. The lowest BCUT2D eigenvalue weighted by molar-refractivity contribution is -0.118. The summed E-state index contributed by atoms with van der Waals surface area (Å²) >= 11 is 0. The lowest BCUT2D eigenvalue weighted by Gasteiger charge is -2.23. The highest BCUT2D eigenvalue weighted by molar-refractivity contribution is 5.85. The molecule has 0 radical (unpaired) electrons. The predicted molar refractivity (Wildman–Crippen MR) is 46.4 cm³/mol. The lowest BCUT2D eigenvalue weighted by Crippen LogP contribution is -2.49. The Morgan fingerprint density at radius 2 is 1.69 bits per heavy atom. The van der Waals surface area contributed by atoms with Crippen molar-refractivity contribution in [2.24, 2.45) is 5.73 Å². The average Bonchev–Trinajstić information content (AvgIpc) is 2.12. The number of aldehydes is 1. The van der Waals surface area contributed by atoms with Crippen LogP contribution in [0, 0.1) is 0 Å². The maximum Gasteiger partial charge on any atom is 0.139 e. The molecule has 6 nitrogen and oxygen atoms in total. The average molecular weight is 216 g/mol. The van der Waals surface area contributed by atoms with Gasteiger partial charge in [0.25, 0.3) is 0 Å². The van der Waals surface area contributed by atoms with E-state index in [1.54, 1.807) is 0 Å². The fraction of sp³-hybridized carbons (Fsp3) is 0.833. The van der Waals surface area contributed by atoms with Crippen LogP contribution in [0.4, 0.5) is 0 Å². The highest BCUT2D eigenvalue weighted by Gasteiger charge is 2.28. The monoisotopic (exact) mass is 215 g/mol. The first-order valence-corrected chi connectivity index (χ1v) is 3.40. The zero-order valence-electron chi connectivity index (χ0n) is 6.78. The van der Waals surface area contributed by atoms with Crippen LogP contribution in [0.1, 0.15) is 0 Å². The zero-order valence-corrected chi connectivity index (χ0v) is 7.59. The Morgan fingerprint density at radius 1 is 1.23 bits per heavy atom. The van der Waals surface area contributed by atoms with Gasteiger partial charge in [-0.3, -0.25) is 0 Å². The minimum atomic E-state index is -1.62. The van der Waals surface area contributed by atoms with Crippen LogP contribution in [-0.4, -0.2) is 57.7 Å². The van der Waals surface area contributed by atoms with Gasteiger partial charge < -0.3 is 31.0 Å². The number of aliphatic hydroxyl groups is 4. The molecular weight excluding hydrogens is 202 g/mol. The third-order valence-corrected chi connectivity index (χ3v) is 1.48. The van der Waals surface area contributed by atoms with Gasteiger partial charge in [0, 0.05) is 0 Å². The first-order chi connectivity index (χ1) is 5.54. The van der Waals surface area contributed by atoms with Gasteiger partial charge in [0.2, 0.25) is 0 Å². The standard InChI is InChI=1S/C6H13NO5.ClH/c7-3(1-8)5(11)6(12)4(10)2-9;/h1,3-6,9-12H,2,7H2;1H/t3-,4-,5+,6-;/m1./s1. The minimum Gasteiger partial charge on any atom is -0.394 e. The van der Waals surface area contributed by atoms with Crippen molar-refractivity contribution in [1.29, 1.82) is 0 Å². The maximum atomic E-state index is 10.0. The van der Waals surface area contributed by atoms with E-state index in [2.05, 4.69) is 0 Å². The first-order valence-electron chi connectivity index (χ1n) is 3.40. The van der Waals surface area contributed by atoms with Gasteiger partial charge in [-0.25, -0.2) is 0 Å². The topological polar surface area (TPSA) is 124 Å². The molecule has 0 aromatic carbocycles. The quantitative estimate of drug-likeness (QED) is 0.312. The summed E-state index contributed by atoms with van der Waals surface area (Å²) in [6.45, 7) is -0.705. The third-order valence-electron chi connectivity index (χ3n) is 1.48. The number of carbonyl (C=O) groups is 1. The second-order valence-corrected chi connectivity index (χ2v) is 2.44. The van der Waals surface area contributed by atoms with E-state index in [0.717, 1.165) is 0 Å². The number of carbonyl (C=O) groups excluding carboxylic acids is 1. The molecule has 0 rings (SSSR count). The van der Waals surface area contributed by atoms with E-state index in [1.807, 2.05) is 0 Å². The van der Waals surface area contributed by atoms with Crippen LogP contribution < -0.4 is 5.73 Å². The van der Waals surface area contributed by atoms with Crippen molar-refractivity contribution in [1.82, 2.24) is 0 Å². The fourth-order valence-electron chi connectivity index (χ4n) is 0.644. The van der Waals surface area contributed by atoms with Crippen molar-refractivity contribution >= 4 is 18.7 Å². The molecule has 6 N–H and O–H groups in total. The van der Waals surface area contributed by atoms with Gasteiger partial charge >= 0.3 is 0 Å². The molecule has 0 aromatic heterocycles. The molecule has 0 aliphatic rings. The summed E-state index contributed by atoms with van der Waals surface area (Å²) in [4.78, 5) is 10.0. The third kappa shape index (κ3) is 4.51. The fourth-order valence-corrected chi connectivity index (χ4v) is 0.644. The zero-order chi connectivity index (χ0) is 9.72. The summed E-state index contributed by atoms with van der Waals surface area (Å²) in [6.07, 6.45) is -4.43. The molecule has 0 aliphatic carbocycles. The SMILES string of the molecule is Cl.N[C@H](C=O)[C@H](O)[C@H](O)[C@H](O)CO. The summed E-state index contributed by atoms with van der Waals surface area (Å²) in [5.74, 6) is 0. The van der Waals surface area contributed by atoms with E-state index in [1.165, 1.54) is 0 Å². The van der Waals surface area contributed by atoms with Crippen molar-refractivity contribution < 1.29 is 25.2 Å². The predicted octanol–water partition coefficient (Wildman–Crippen LogP) is -2.99. The van der Waals surface area contributed by atoms with Crippen molar-refractivity contribution in [3.05, 3.63) is 0 Å². The number of nitrogens with two attached hydrogens (primary N) is 1. The molecule has 0 aliphatic heterocycles. The molecule has 80 valence electrons. The molecule has 0 aromatic rings. The number of rotatable bonds is 5. The molecule has 0 saturated heterocycles. The summed E-state index contributed by atoms with van der Waals surface area (Å²) in [7, 11) is 0. The van der Waals surface area contributed by atoms with Gasteiger partial charge in [-0.05, 0) is 0 Å². The molecule has 0 bridgehead atoms. The molecule has 13 heavy (non-hydrogen) atoms. The van der Waals surface area contributed by atoms with Gasteiger partial charge in [0.1, 0.15) is 24.6 Å². The Hall–Kier alpha value is -0.240. The number of halogens is 1. The molecular formula is C6H14ClNO5. The van der Waals surface area contributed by atoms with E-state index in [9.17, 15) is 4.79 Å². The largest absolute Gasteiger partial charge is 0.394 e. The summed E-state index contributed by atoms with van der Waals surface area (Å²) in [5, 5.41) is 35.2. The van der Waals surface area contributed by atoms with Crippen LogP contribution in [-0.2, 0) is 4.79 Å². The second kappa shape index (κ2) is 7.19. The molecule has 0 fully saturated rings. The van der Waals surface area contributed by atoms with Crippen molar-refractivity contribution in [3.8, 4) is 0 Å². The first kappa shape index (κ1) is 15.2. The van der Waals surface area contributed by atoms with Gasteiger partial charge in [-0.1, -0.05) is 0 Å². The van der Waals surface area contributed by atoms with Crippen LogP contribution in [0.5, 0.6) is 0 Å². The van der Waals surface area contributed by atoms with Crippen LogP contribution in [0.15, 0.2) is 0 Å². The van der Waals surface area contributed by atoms with Gasteiger partial charge in [0.05, 0.1) is 12.6 Å². The van der Waals surface area contributed by atoms with E-state index >= 15 is 0 Å². The molecule has 4 atom stereocenters. The van der Waals surface area contributed by atoms with E-state index in [4.69, 9.17) is 26.2 Å². The maximum absolute atomic E-state index is 10.0. The van der Waals surface area contributed by atoms with E-state index in [-0.39, 0.29) is 18.7 Å². The summed E-state index contributed by atoms with van der Waals surface area (Å²) in [5.41, 5.74) is 5.04. The molecule has 7 heteroatoms. The van der Waals surface area contributed by atoms with Crippen molar-refractivity contribution in [2.75, 3.05) is 6.61 Å². The highest BCUT2D eigenvalue weighted by atomic mass is 35.5. The Balaban J connectivity index is 0. The number of hydrogen-bond acceptors (Lipinski definition) is 6. The van der Waals surface area contributed by atoms with Crippen molar-refractivity contribution in [3.63, 3.8) is 0 Å². The summed E-state index contributed by atoms with van der Waals surface area (Å²) in [6, 6.07) is -1.26. The Bertz CT molecular complexity index is 147. The molecule has 0 unspecified atom stereocenters. The molecule has 0 heterocycles.